The molecule has 1 unspecified atom stereocenters. The van der Waals surface area contributed by atoms with Gasteiger partial charge in [-0.15, -0.1) is 0 Å². The lowest BCUT2D eigenvalue weighted by Crippen LogP contribution is -2.53. The van der Waals surface area contributed by atoms with Gasteiger partial charge in [-0.1, -0.05) is 32.9 Å². The highest BCUT2D eigenvalue weighted by atomic mass is 16.5. The second-order valence-corrected chi connectivity index (χ2v) is 5.76. The van der Waals surface area contributed by atoms with Crippen molar-refractivity contribution in [1.29, 1.82) is 0 Å². The van der Waals surface area contributed by atoms with E-state index in [1.165, 1.54) is 0 Å². The van der Waals surface area contributed by atoms with E-state index in [2.05, 4.69) is 32.6 Å². The van der Waals surface area contributed by atoms with Crippen molar-refractivity contribution in [3.8, 4) is 0 Å². The van der Waals surface area contributed by atoms with Gasteiger partial charge in [-0.2, -0.15) is 0 Å². The number of likely N-dealkylation sites (N-methyl/N-ethyl adjacent to an activating group) is 1. The Morgan fingerprint density at radius 3 is 2.17 bits per heavy atom. The fourth-order valence-corrected chi connectivity index (χ4v) is 2.21. The van der Waals surface area contributed by atoms with E-state index in [4.69, 9.17) is 4.74 Å². The van der Waals surface area contributed by atoms with Gasteiger partial charge in [0.25, 0.3) is 0 Å². The summed E-state index contributed by atoms with van der Waals surface area (Å²) in [6.07, 6.45) is 6.03. The summed E-state index contributed by atoms with van der Waals surface area (Å²) in [4.78, 5) is 2.16. The van der Waals surface area contributed by atoms with E-state index < -0.39 is 0 Å². The standard InChI is InChI=1S/C15H29NO2/c1-8-10-16(6)15(5,14(2,3)4)13(12-17)9-11-18-7/h8-10,17H,11-12H2,1-7H3/b10-8-,13-9+. The fraction of sp³-hybridized carbons (Fsp3) is 0.733. The molecule has 18 heavy (non-hydrogen) atoms. The van der Waals surface area contributed by atoms with Crippen molar-refractivity contribution < 1.29 is 9.84 Å². The molecule has 106 valence electrons. The molecule has 0 aromatic heterocycles. The lowest BCUT2D eigenvalue weighted by Gasteiger charge is -2.49. The Hall–Kier alpha value is -0.800. The summed E-state index contributed by atoms with van der Waals surface area (Å²) in [7, 11) is 3.71. The average Bonchev–Trinajstić information content (AvgIpc) is 2.28. The van der Waals surface area contributed by atoms with Crippen molar-refractivity contribution in [3.05, 3.63) is 23.9 Å². The summed E-state index contributed by atoms with van der Waals surface area (Å²) in [5.74, 6) is 0. The van der Waals surface area contributed by atoms with Crippen LogP contribution in [-0.2, 0) is 4.74 Å². The third-order valence-corrected chi connectivity index (χ3v) is 3.83. The predicted molar refractivity (Wildman–Crippen MR) is 77.5 cm³/mol. The molecule has 0 aromatic rings. The third kappa shape index (κ3) is 3.59. The molecular formula is C15H29NO2. The first-order valence-electron chi connectivity index (χ1n) is 6.40. The largest absolute Gasteiger partial charge is 0.392 e. The number of methoxy groups -OCH3 is 1. The molecule has 0 amide bonds. The lowest BCUT2D eigenvalue weighted by molar-refractivity contribution is 0.0842. The number of nitrogens with zero attached hydrogens (tertiary/aromatic N) is 1. The summed E-state index contributed by atoms with van der Waals surface area (Å²) >= 11 is 0. The maximum atomic E-state index is 9.69. The zero-order chi connectivity index (χ0) is 14.4. The number of aliphatic hydroxyl groups is 1. The van der Waals surface area contributed by atoms with Crippen LogP contribution in [0.4, 0.5) is 0 Å². The van der Waals surface area contributed by atoms with Crippen LogP contribution in [0.15, 0.2) is 23.9 Å². The Kier molecular flexibility index (Phi) is 6.64. The fourth-order valence-electron chi connectivity index (χ4n) is 2.21. The van der Waals surface area contributed by atoms with Gasteiger partial charge in [0.2, 0.25) is 0 Å². The van der Waals surface area contributed by atoms with E-state index in [1.54, 1.807) is 7.11 Å². The average molecular weight is 255 g/mol. The first kappa shape index (κ1) is 17.2. The van der Waals surface area contributed by atoms with Gasteiger partial charge in [-0.3, -0.25) is 0 Å². The molecule has 0 heterocycles. The van der Waals surface area contributed by atoms with Crippen molar-refractivity contribution in [2.45, 2.75) is 40.2 Å². The lowest BCUT2D eigenvalue weighted by atomic mass is 9.69. The summed E-state index contributed by atoms with van der Waals surface area (Å²) < 4.78 is 5.10. The molecule has 0 aromatic carbocycles. The van der Waals surface area contributed by atoms with Crippen LogP contribution in [0.25, 0.3) is 0 Å². The van der Waals surface area contributed by atoms with Crippen molar-refractivity contribution in [2.75, 3.05) is 27.4 Å². The summed E-state index contributed by atoms with van der Waals surface area (Å²) in [5.41, 5.74) is 0.716. The summed E-state index contributed by atoms with van der Waals surface area (Å²) in [6.45, 7) is 11.3. The Morgan fingerprint density at radius 1 is 1.28 bits per heavy atom. The molecule has 0 rings (SSSR count). The van der Waals surface area contributed by atoms with Crippen molar-refractivity contribution in [3.63, 3.8) is 0 Å². The molecule has 0 saturated heterocycles. The van der Waals surface area contributed by atoms with Gasteiger partial charge in [0.05, 0.1) is 18.8 Å². The topological polar surface area (TPSA) is 32.7 Å². The van der Waals surface area contributed by atoms with Crippen molar-refractivity contribution >= 4 is 0 Å². The third-order valence-electron chi connectivity index (χ3n) is 3.83. The van der Waals surface area contributed by atoms with Gasteiger partial charge in [0.15, 0.2) is 0 Å². The maximum Gasteiger partial charge on any atom is 0.0665 e. The molecule has 0 bridgehead atoms. The Morgan fingerprint density at radius 2 is 1.83 bits per heavy atom. The quantitative estimate of drug-likeness (QED) is 0.741. The van der Waals surface area contributed by atoms with Gasteiger partial charge in [-0.05, 0) is 31.0 Å². The highest BCUT2D eigenvalue weighted by molar-refractivity contribution is 5.25. The van der Waals surface area contributed by atoms with E-state index in [-0.39, 0.29) is 17.6 Å². The number of allylic oxidation sites excluding steroid dienone is 1. The summed E-state index contributed by atoms with van der Waals surface area (Å²) in [6, 6.07) is 0. The molecule has 1 atom stereocenters. The number of ether oxygens (including phenoxy) is 1. The predicted octanol–water partition coefficient (Wildman–Crippen LogP) is 2.82. The van der Waals surface area contributed by atoms with Crippen molar-refractivity contribution in [2.24, 2.45) is 5.41 Å². The number of hydrogen-bond donors (Lipinski definition) is 1. The van der Waals surface area contributed by atoms with Crippen LogP contribution in [0, 0.1) is 5.41 Å². The molecule has 0 fully saturated rings. The van der Waals surface area contributed by atoms with Crippen LogP contribution in [0.1, 0.15) is 34.6 Å². The van der Waals surface area contributed by atoms with Crippen LogP contribution in [-0.4, -0.2) is 42.9 Å². The van der Waals surface area contributed by atoms with E-state index in [0.29, 0.717) is 6.61 Å². The molecule has 0 radical (unpaired) electrons. The van der Waals surface area contributed by atoms with E-state index in [9.17, 15) is 5.11 Å². The number of rotatable bonds is 6. The summed E-state index contributed by atoms with van der Waals surface area (Å²) in [5, 5.41) is 9.69. The van der Waals surface area contributed by atoms with Gasteiger partial charge >= 0.3 is 0 Å². The van der Waals surface area contributed by atoms with Crippen molar-refractivity contribution in [1.82, 2.24) is 4.90 Å². The monoisotopic (exact) mass is 255 g/mol. The molecule has 0 aliphatic heterocycles. The Labute approximate surface area is 112 Å². The first-order valence-corrected chi connectivity index (χ1v) is 6.40. The van der Waals surface area contributed by atoms with Crippen LogP contribution >= 0.6 is 0 Å². The molecule has 3 heteroatoms. The molecule has 0 spiro atoms. The molecule has 0 aliphatic carbocycles. The first-order chi connectivity index (χ1) is 8.25. The Bertz CT molecular complexity index is 302. The van der Waals surface area contributed by atoms with Gasteiger partial charge in [0, 0.05) is 14.2 Å². The van der Waals surface area contributed by atoms with Gasteiger partial charge < -0.3 is 14.7 Å². The molecule has 1 N–H and O–H groups in total. The molecule has 0 saturated carbocycles. The minimum atomic E-state index is -0.257. The maximum absolute atomic E-state index is 9.69. The zero-order valence-electron chi connectivity index (χ0n) is 12.9. The van der Waals surface area contributed by atoms with Crippen LogP contribution in [0.3, 0.4) is 0 Å². The van der Waals surface area contributed by atoms with E-state index in [1.807, 2.05) is 32.3 Å². The Balaban J connectivity index is 5.59. The highest BCUT2D eigenvalue weighted by Gasteiger charge is 2.42. The molecular weight excluding hydrogens is 226 g/mol. The number of hydrogen-bond acceptors (Lipinski definition) is 3. The minimum absolute atomic E-state index is 0.0104. The van der Waals surface area contributed by atoms with Gasteiger partial charge in [-0.25, -0.2) is 0 Å². The van der Waals surface area contributed by atoms with Crippen LogP contribution in [0.2, 0.25) is 0 Å². The second kappa shape index (κ2) is 6.95. The molecule has 3 nitrogen and oxygen atoms in total. The normalized spacial score (nSPS) is 17.0. The van der Waals surface area contributed by atoms with E-state index >= 15 is 0 Å². The SMILES string of the molecule is C/C=C\N(C)C(C)(/C(=C/COC)CO)C(C)(C)C. The minimum Gasteiger partial charge on any atom is -0.392 e. The zero-order valence-corrected chi connectivity index (χ0v) is 12.9. The highest BCUT2D eigenvalue weighted by Crippen LogP contribution is 2.40. The van der Waals surface area contributed by atoms with E-state index in [0.717, 1.165) is 5.57 Å². The van der Waals surface area contributed by atoms with Gasteiger partial charge in [0.1, 0.15) is 0 Å². The second-order valence-electron chi connectivity index (χ2n) is 5.76. The van der Waals surface area contributed by atoms with Crippen LogP contribution in [0.5, 0.6) is 0 Å². The number of aliphatic hydroxyl groups excluding tert-OH is 1. The van der Waals surface area contributed by atoms with Crippen LogP contribution < -0.4 is 0 Å². The molecule has 0 aliphatic rings. The smallest absolute Gasteiger partial charge is 0.0665 e.